The van der Waals surface area contributed by atoms with Gasteiger partial charge in [-0.05, 0) is 41.8 Å². The largest absolute Gasteiger partial charge is 0.462 e. The normalized spacial score (nSPS) is 10.5. The van der Waals surface area contributed by atoms with Crippen molar-refractivity contribution in [2.45, 2.75) is 0 Å². The molecule has 0 saturated heterocycles. The van der Waals surface area contributed by atoms with Gasteiger partial charge in [-0.15, -0.1) is 24.0 Å². The number of carbonyl (C=O) groups excluding carboxylic acids is 1. The molecule has 0 unspecified atom stereocenters. The van der Waals surface area contributed by atoms with Crippen LogP contribution in [0.1, 0.15) is 5.56 Å². The summed E-state index contributed by atoms with van der Waals surface area (Å²) in [6.45, 7) is 0. The Balaban J connectivity index is 0.00000208. The van der Waals surface area contributed by atoms with Crippen LogP contribution in [-0.2, 0) is 0 Å². The maximum atomic E-state index is 12.2. The molecular formula is C17H16IN3O2S. The smallest absolute Gasteiger partial charge is 0.323 e. The van der Waals surface area contributed by atoms with Crippen LogP contribution in [0.4, 0.5) is 16.2 Å². The number of urea groups is 1. The van der Waals surface area contributed by atoms with Gasteiger partial charge in [0.2, 0.25) is 0 Å². The average Bonchev–Trinajstić information content (AvgIpc) is 3.03. The summed E-state index contributed by atoms with van der Waals surface area (Å²) in [5, 5.41) is 6.55. The van der Waals surface area contributed by atoms with E-state index in [9.17, 15) is 4.79 Å². The molecule has 3 aromatic rings. The zero-order valence-corrected chi connectivity index (χ0v) is 16.0. The fourth-order valence-electron chi connectivity index (χ4n) is 2.19. The Morgan fingerprint density at radius 3 is 2.83 bits per heavy atom. The first-order valence-electron chi connectivity index (χ1n) is 6.97. The Hall–Kier alpha value is -2.00. The van der Waals surface area contributed by atoms with Gasteiger partial charge in [-0.1, -0.05) is 24.3 Å². The molecule has 0 fully saturated rings. The number of carbonyl (C=O) groups is 1. The van der Waals surface area contributed by atoms with Crippen molar-refractivity contribution in [2.75, 3.05) is 16.9 Å². The third kappa shape index (κ3) is 4.51. The highest BCUT2D eigenvalue weighted by atomic mass is 127. The van der Waals surface area contributed by atoms with Gasteiger partial charge in [-0.25, -0.2) is 9.19 Å². The fourth-order valence-corrected chi connectivity index (χ4v) is 2.41. The molecule has 0 bridgehead atoms. The molecule has 24 heavy (non-hydrogen) atoms. The lowest BCUT2D eigenvalue weighted by Gasteiger charge is -2.08. The predicted molar refractivity (Wildman–Crippen MR) is 112 cm³/mol. The van der Waals surface area contributed by atoms with Crippen LogP contribution in [0.2, 0.25) is 0 Å². The van der Waals surface area contributed by atoms with Crippen molar-refractivity contribution in [3.8, 4) is 0 Å². The summed E-state index contributed by atoms with van der Waals surface area (Å²) >= 11 is 1.38. The number of fused-ring (bicyclic) bond motifs is 1. The van der Waals surface area contributed by atoms with Crippen molar-refractivity contribution in [3.05, 3.63) is 60.4 Å². The Bertz CT molecular complexity index is 864. The van der Waals surface area contributed by atoms with Gasteiger partial charge in [0.15, 0.2) is 5.58 Å². The fraction of sp³-hybridized carbons (Fsp3) is 0.0588. The van der Waals surface area contributed by atoms with Crippen LogP contribution >= 0.6 is 35.9 Å². The average molecular weight is 453 g/mol. The van der Waals surface area contributed by atoms with Gasteiger partial charge in [0.05, 0.1) is 12.0 Å². The number of hydrogen-bond donors (Lipinski definition) is 2. The zero-order valence-electron chi connectivity index (χ0n) is 12.9. The highest BCUT2D eigenvalue weighted by Crippen LogP contribution is 2.24. The van der Waals surface area contributed by atoms with E-state index in [1.54, 1.807) is 18.5 Å². The van der Waals surface area contributed by atoms with Crippen LogP contribution in [0.3, 0.4) is 0 Å². The van der Waals surface area contributed by atoms with E-state index in [1.807, 2.05) is 48.7 Å². The SMILES string of the molecule is CSN=Cc1cccc(NC(=O)Nc2cccc3ccoc23)c1.I. The molecule has 0 saturated carbocycles. The number of halogens is 1. The number of amides is 2. The molecule has 2 aromatic carbocycles. The van der Waals surface area contributed by atoms with Crippen LogP contribution < -0.4 is 10.6 Å². The van der Waals surface area contributed by atoms with E-state index in [0.717, 1.165) is 10.9 Å². The van der Waals surface area contributed by atoms with Gasteiger partial charge in [0, 0.05) is 23.5 Å². The summed E-state index contributed by atoms with van der Waals surface area (Å²) in [5.41, 5.74) is 2.90. The van der Waals surface area contributed by atoms with Crippen molar-refractivity contribution >= 4 is 70.5 Å². The van der Waals surface area contributed by atoms with Crippen molar-refractivity contribution in [1.29, 1.82) is 0 Å². The summed E-state index contributed by atoms with van der Waals surface area (Å²) in [6.07, 6.45) is 5.24. The second-order valence-electron chi connectivity index (χ2n) is 4.77. The monoisotopic (exact) mass is 453 g/mol. The van der Waals surface area contributed by atoms with Gasteiger partial charge in [0.25, 0.3) is 0 Å². The van der Waals surface area contributed by atoms with Crippen LogP contribution in [-0.4, -0.2) is 18.5 Å². The number of furan rings is 1. The molecule has 0 radical (unpaired) electrons. The first-order chi connectivity index (χ1) is 11.3. The molecule has 0 aliphatic carbocycles. The quantitative estimate of drug-likeness (QED) is 0.316. The van der Waals surface area contributed by atoms with Gasteiger partial charge < -0.3 is 15.1 Å². The third-order valence-corrected chi connectivity index (χ3v) is 3.50. The second-order valence-corrected chi connectivity index (χ2v) is 5.34. The van der Waals surface area contributed by atoms with Crippen molar-refractivity contribution in [3.63, 3.8) is 0 Å². The Morgan fingerprint density at radius 1 is 1.17 bits per heavy atom. The first-order valence-corrected chi connectivity index (χ1v) is 8.15. The van der Waals surface area contributed by atoms with Gasteiger partial charge in [-0.3, -0.25) is 0 Å². The molecule has 1 aromatic heterocycles. The lowest BCUT2D eigenvalue weighted by Crippen LogP contribution is -2.19. The van der Waals surface area contributed by atoms with E-state index in [4.69, 9.17) is 4.42 Å². The lowest BCUT2D eigenvalue weighted by atomic mass is 10.2. The maximum absolute atomic E-state index is 12.2. The topological polar surface area (TPSA) is 66.6 Å². The standard InChI is InChI=1S/C17H15N3O2S.HI/c1-23-18-11-12-4-2-6-14(10-12)19-17(21)20-15-7-3-5-13-8-9-22-16(13)15;/h2-11H,1H3,(H2,19,20,21);1H. The summed E-state index contributed by atoms with van der Waals surface area (Å²) in [4.78, 5) is 12.2. The van der Waals surface area contributed by atoms with Crippen LogP contribution in [0, 0.1) is 0 Å². The van der Waals surface area contributed by atoms with Gasteiger partial charge >= 0.3 is 6.03 Å². The second kappa shape index (κ2) is 8.74. The molecule has 2 amide bonds. The Kier molecular flexibility index (Phi) is 6.68. The molecule has 3 rings (SSSR count). The van der Waals surface area contributed by atoms with E-state index in [-0.39, 0.29) is 30.0 Å². The first kappa shape index (κ1) is 18.3. The number of benzene rings is 2. The molecule has 2 N–H and O–H groups in total. The molecule has 5 nitrogen and oxygen atoms in total. The molecular weight excluding hydrogens is 437 g/mol. The molecule has 0 atom stereocenters. The lowest BCUT2D eigenvalue weighted by molar-refractivity contribution is 0.262. The number of hydrogen-bond acceptors (Lipinski definition) is 4. The number of nitrogens with zero attached hydrogens (tertiary/aromatic N) is 1. The van der Waals surface area contributed by atoms with Crippen LogP contribution in [0.15, 0.2) is 63.6 Å². The summed E-state index contributed by atoms with van der Waals surface area (Å²) in [7, 11) is 0. The highest BCUT2D eigenvalue weighted by Gasteiger charge is 2.08. The highest BCUT2D eigenvalue weighted by molar-refractivity contribution is 14.0. The van der Waals surface area contributed by atoms with Gasteiger partial charge in [-0.2, -0.15) is 0 Å². The summed E-state index contributed by atoms with van der Waals surface area (Å²) in [5.74, 6) is 0. The molecule has 1 heterocycles. The molecule has 0 spiro atoms. The van der Waals surface area contributed by atoms with E-state index in [1.165, 1.54) is 11.9 Å². The number of rotatable bonds is 4. The maximum Gasteiger partial charge on any atom is 0.323 e. The minimum Gasteiger partial charge on any atom is -0.462 e. The van der Waals surface area contributed by atoms with E-state index in [0.29, 0.717) is 17.0 Å². The molecule has 7 heteroatoms. The minimum absolute atomic E-state index is 0. The van der Waals surface area contributed by atoms with Crippen molar-refractivity contribution < 1.29 is 9.21 Å². The van der Waals surface area contributed by atoms with E-state index >= 15 is 0 Å². The van der Waals surface area contributed by atoms with E-state index < -0.39 is 0 Å². The zero-order chi connectivity index (χ0) is 16.1. The Labute approximate surface area is 161 Å². The summed E-state index contributed by atoms with van der Waals surface area (Å²) < 4.78 is 9.51. The van der Waals surface area contributed by atoms with Crippen molar-refractivity contribution in [2.24, 2.45) is 4.40 Å². The summed E-state index contributed by atoms with van der Waals surface area (Å²) in [6, 6.07) is 14.6. The Morgan fingerprint density at radius 2 is 2.00 bits per heavy atom. The minimum atomic E-state index is -0.326. The number of nitrogens with one attached hydrogen (secondary N) is 2. The molecule has 0 aliphatic rings. The predicted octanol–water partition coefficient (Wildman–Crippen LogP) is 5.39. The number of anilines is 2. The molecule has 124 valence electrons. The number of para-hydroxylation sites is 1. The third-order valence-electron chi connectivity index (χ3n) is 3.18. The van der Waals surface area contributed by atoms with Crippen LogP contribution in [0.25, 0.3) is 11.0 Å². The van der Waals surface area contributed by atoms with Crippen molar-refractivity contribution in [1.82, 2.24) is 0 Å². The molecule has 0 aliphatic heterocycles. The van der Waals surface area contributed by atoms with Crippen LogP contribution in [0.5, 0.6) is 0 Å². The van der Waals surface area contributed by atoms with E-state index in [2.05, 4.69) is 15.0 Å². The van der Waals surface area contributed by atoms with Gasteiger partial charge in [0.1, 0.15) is 0 Å².